The zero-order chi connectivity index (χ0) is 14.2. The van der Waals surface area contributed by atoms with Crippen molar-refractivity contribution in [1.29, 1.82) is 0 Å². The first-order valence-electron chi connectivity index (χ1n) is 6.35. The maximum Gasteiger partial charge on any atom is 0.328 e. The molecule has 0 saturated heterocycles. The van der Waals surface area contributed by atoms with Crippen LogP contribution >= 0.6 is 0 Å². The van der Waals surface area contributed by atoms with E-state index in [-0.39, 0.29) is 11.2 Å². The van der Waals surface area contributed by atoms with Crippen LogP contribution in [0.25, 0.3) is 11.3 Å². The van der Waals surface area contributed by atoms with Crippen molar-refractivity contribution in [3.63, 3.8) is 0 Å². The van der Waals surface area contributed by atoms with Crippen LogP contribution in [0.4, 0.5) is 0 Å². The van der Waals surface area contributed by atoms with Gasteiger partial charge in [0.05, 0.1) is 5.69 Å². The van der Waals surface area contributed by atoms with Crippen LogP contribution in [0.2, 0.25) is 0 Å². The molecule has 100 valence electrons. The largest absolute Gasteiger partial charge is 0.328 e. The van der Waals surface area contributed by atoms with E-state index in [2.05, 4.69) is 11.1 Å². The number of rotatable bonds is 2. The van der Waals surface area contributed by atoms with E-state index in [1.165, 1.54) is 4.57 Å². The molecule has 0 aliphatic carbocycles. The van der Waals surface area contributed by atoms with E-state index in [4.69, 9.17) is 0 Å². The van der Waals surface area contributed by atoms with E-state index in [0.29, 0.717) is 17.7 Å². The lowest BCUT2D eigenvalue weighted by molar-refractivity contribution is 0.788. The van der Waals surface area contributed by atoms with Crippen molar-refractivity contribution in [2.45, 2.75) is 27.2 Å². The molecule has 0 fully saturated rings. The van der Waals surface area contributed by atoms with Gasteiger partial charge in [-0.2, -0.15) is 0 Å². The summed E-state index contributed by atoms with van der Waals surface area (Å²) in [5.74, 6) is 0. The van der Waals surface area contributed by atoms with Gasteiger partial charge >= 0.3 is 5.69 Å². The molecular weight excluding hydrogens is 240 g/mol. The Hall–Kier alpha value is -2.10. The quantitative estimate of drug-likeness (QED) is 0.894. The molecule has 0 atom stereocenters. The van der Waals surface area contributed by atoms with E-state index < -0.39 is 0 Å². The van der Waals surface area contributed by atoms with Gasteiger partial charge in [0, 0.05) is 12.6 Å². The number of nitrogens with one attached hydrogen (secondary N) is 1. The minimum atomic E-state index is -0.378. The highest BCUT2D eigenvalue weighted by molar-refractivity contribution is 5.65. The zero-order valence-electron chi connectivity index (χ0n) is 11.7. The molecule has 0 spiro atoms. The maximum atomic E-state index is 11.9. The summed E-state index contributed by atoms with van der Waals surface area (Å²) in [4.78, 5) is 26.0. The standard InChI is InChI=1S/C15H18N2O2/c1-5-12-13(17(4)15(19)16-14(12)18)11-7-9(2)6-10(3)8-11/h6-8H,5H2,1-4H3,(H,16,18,19). The van der Waals surface area contributed by atoms with E-state index in [1.54, 1.807) is 7.05 Å². The maximum absolute atomic E-state index is 11.9. The van der Waals surface area contributed by atoms with Crippen molar-refractivity contribution in [1.82, 2.24) is 9.55 Å². The molecule has 1 N–H and O–H groups in total. The van der Waals surface area contributed by atoms with Gasteiger partial charge in [-0.25, -0.2) is 4.79 Å². The minimum Gasteiger partial charge on any atom is -0.296 e. The van der Waals surface area contributed by atoms with E-state index in [0.717, 1.165) is 16.7 Å². The SMILES string of the molecule is CCc1c(-c2cc(C)cc(C)c2)n(C)c(=O)[nH]c1=O. The molecule has 1 aromatic carbocycles. The van der Waals surface area contributed by atoms with Gasteiger partial charge in [-0.05, 0) is 38.0 Å². The number of H-pyrrole nitrogens is 1. The summed E-state index contributed by atoms with van der Waals surface area (Å²) in [6.07, 6.45) is 0.589. The Bertz CT molecular complexity index is 719. The number of hydrogen-bond acceptors (Lipinski definition) is 2. The molecule has 0 saturated carbocycles. The predicted molar refractivity (Wildman–Crippen MR) is 76.6 cm³/mol. The third-order valence-corrected chi connectivity index (χ3v) is 3.27. The molecule has 0 bridgehead atoms. The van der Waals surface area contributed by atoms with E-state index in [1.807, 2.05) is 32.9 Å². The molecule has 2 rings (SSSR count). The minimum absolute atomic E-state index is 0.292. The van der Waals surface area contributed by atoms with E-state index in [9.17, 15) is 9.59 Å². The van der Waals surface area contributed by atoms with Crippen molar-refractivity contribution in [2.75, 3.05) is 0 Å². The Morgan fingerprint density at radius 3 is 2.21 bits per heavy atom. The molecule has 0 aliphatic heterocycles. The van der Waals surface area contributed by atoms with Gasteiger partial charge in [0.15, 0.2) is 0 Å². The molecule has 4 heteroatoms. The molecular formula is C15H18N2O2. The van der Waals surface area contributed by atoms with Crippen molar-refractivity contribution in [3.05, 3.63) is 55.7 Å². The Morgan fingerprint density at radius 1 is 1.11 bits per heavy atom. The van der Waals surface area contributed by atoms with Crippen molar-refractivity contribution < 1.29 is 0 Å². The fourth-order valence-electron chi connectivity index (χ4n) is 2.48. The average Bonchev–Trinajstić information content (AvgIpc) is 2.32. The van der Waals surface area contributed by atoms with Crippen LogP contribution in [0.1, 0.15) is 23.6 Å². The van der Waals surface area contributed by atoms with Crippen LogP contribution in [0, 0.1) is 13.8 Å². The van der Waals surface area contributed by atoms with Crippen molar-refractivity contribution in [2.24, 2.45) is 7.05 Å². The predicted octanol–water partition coefficient (Wildman–Crippen LogP) is 1.92. The van der Waals surface area contributed by atoms with E-state index >= 15 is 0 Å². The van der Waals surface area contributed by atoms with Crippen molar-refractivity contribution >= 4 is 0 Å². The molecule has 4 nitrogen and oxygen atoms in total. The fraction of sp³-hybridized carbons (Fsp3) is 0.333. The first-order valence-corrected chi connectivity index (χ1v) is 6.35. The summed E-state index contributed by atoms with van der Waals surface area (Å²) >= 11 is 0. The normalized spacial score (nSPS) is 10.7. The number of aromatic nitrogens is 2. The highest BCUT2D eigenvalue weighted by Crippen LogP contribution is 2.22. The first kappa shape index (κ1) is 13.3. The van der Waals surface area contributed by atoms with Gasteiger partial charge in [0.2, 0.25) is 0 Å². The fourth-order valence-corrected chi connectivity index (χ4v) is 2.48. The molecule has 2 aromatic rings. The zero-order valence-corrected chi connectivity index (χ0v) is 11.7. The summed E-state index contributed by atoms with van der Waals surface area (Å²) in [5, 5.41) is 0. The lowest BCUT2D eigenvalue weighted by Gasteiger charge is -2.13. The van der Waals surface area contributed by atoms with Crippen LogP contribution in [0.15, 0.2) is 27.8 Å². The van der Waals surface area contributed by atoms with Crippen LogP contribution in [0.5, 0.6) is 0 Å². The van der Waals surface area contributed by atoms with Crippen LogP contribution < -0.4 is 11.2 Å². The lowest BCUT2D eigenvalue weighted by atomic mass is 10.0. The van der Waals surface area contributed by atoms with Gasteiger partial charge in [-0.3, -0.25) is 14.3 Å². The van der Waals surface area contributed by atoms with Gasteiger partial charge in [-0.1, -0.05) is 24.1 Å². The van der Waals surface area contributed by atoms with Gasteiger partial charge in [-0.15, -0.1) is 0 Å². The molecule has 19 heavy (non-hydrogen) atoms. The smallest absolute Gasteiger partial charge is 0.296 e. The monoisotopic (exact) mass is 258 g/mol. The van der Waals surface area contributed by atoms with Crippen LogP contribution in [-0.2, 0) is 13.5 Å². The summed E-state index contributed by atoms with van der Waals surface area (Å²) in [6.45, 7) is 5.93. The number of benzene rings is 1. The van der Waals surface area contributed by atoms with Crippen molar-refractivity contribution in [3.8, 4) is 11.3 Å². The number of hydrogen-bond donors (Lipinski definition) is 1. The third kappa shape index (κ3) is 2.38. The molecule has 0 amide bonds. The Labute approximate surface area is 111 Å². The van der Waals surface area contributed by atoms with Crippen LogP contribution in [0.3, 0.4) is 0 Å². The molecule has 0 unspecified atom stereocenters. The summed E-state index contributed by atoms with van der Waals surface area (Å²) in [6, 6.07) is 6.07. The lowest BCUT2D eigenvalue weighted by Crippen LogP contribution is -2.32. The third-order valence-electron chi connectivity index (χ3n) is 3.27. The number of aryl methyl sites for hydroxylation is 2. The topological polar surface area (TPSA) is 54.9 Å². The Kier molecular flexibility index (Phi) is 3.42. The number of aromatic amines is 1. The second-order valence-corrected chi connectivity index (χ2v) is 4.88. The number of nitrogens with zero attached hydrogens (tertiary/aromatic N) is 1. The van der Waals surface area contributed by atoms with Gasteiger partial charge < -0.3 is 0 Å². The molecule has 0 aliphatic rings. The first-order chi connectivity index (χ1) is 8.93. The molecule has 1 heterocycles. The molecule has 0 radical (unpaired) electrons. The average molecular weight is 258 g/mol. The summed E-state index contributed by atoms with van der Waals surface area (Å²) < 4.78 is 1.51. The second-order valence-electron chi connectivity index (χ2n) is 4.88. The highest BCUT2D eigenvalue weighted by atomic mass is 16.2. The molecule has 1 aromatic heterocycles. The van der Waals surface area contributed by atoms with Gasteiger partial charge in [0.25, 0.3) is 5.56 Å². The van der Waals surface area contributed by atoms with Crippen LogP contribution in [-0.4, -0.2) is 9.55 Å². The Morgan fingerprint density at radius 2 is 1.68 bits per heavy atom. The Balaban J connectivity index is 2.88. The summed E-state index contributed by atoms with van der Waals surface area (Å²) in [5.41, 5.74) is 3.83. The second kappa shape index (κ2) is 4.88. The summed E-state index contributed by atoms with van der Waals surface area (Å²) in [7, 11) is 1.68. The highest BCUT2D eigenvalue weighted by Gasteiger charge is 2.13. The van der Waals surface area contributed by atoms with Gasteiger partial charge in [0.1, 0.15) is 0 Å².